The van der Waals surface area contributed by atoms with E-state index in [1.165, 1.54) is 0 Å². The molecule has 1 amide bonds. The molecule has 1 aliphatic rings. The molecule has 2 rings (SSSR count). The molecular weight excluding hydrogens is 244 g/mol. The van der Waals surface area contributed by atoms with E-state index in [2.05, 4.69) is 5.32 Å². The van der Waals surface area contributed by atoms with Crippen molar-refractivity contribution in [1.82, 2.24) is 5.32 Å². The van der Waals surface area contributed by atoms with Gasteiger partial charge in [-0.1, -0.05) is 0 Å². The first-order valence-corrected chi connectivity index (χ1v) is 6.54. The second-order valence-electron chi connectivity index (χ2n) is 5.01. The first-order valence-electron chi connectivity index (χ1n) is 6.54. The highest BCUT2D eigenvalue weighted by atomic mass is 16.5. The number of hydrogen-bond donors (Lipinski definition) is 3. The van der Waals surface area contributed by atoms with E-state index in [4.69, 9.17) is 10.5 Å². The maximum atomic E-state index is 11.7. The van der Waals surface area contributed by atoms with Crippen molar-refractivity contribution in [3.05, 3.63) is 24.3 Å². The minimum Gasteiger partial charge on any atom is -0.493 e. The summed E-state index contributed by atoms with van der Waals surface area (Å²) in [6.07, 6.45) is 3.05. The fourth-order valence-corrected chi connectivity index (χ4v) is 2.11. The Morgan fingerprint density at radius 2 is 2.05 bits per heavy atom. The number of nitrogens with one attached hydrogen (secondary N) is 1. The Hall–Kier alpha value is -1.75. The van der Waals surface area contributed by atoms with Crippen LogP contribution >= 0.6 is 0 Å². The molecule has 0 aromatic heterocycles. The molecule has 0 spiro atoms. The topological polar surface area (TPSA) is 84.6 Å². The molecule has 0 bridgehead atoms. The number of nitrogen functional groups attached to an aromatic ring is 1. The van der Waals surface area contributed by atoms with Gasteiger partial charge in [-0.2, -0.15) is 0 Å². The van der Waals surface area contributed by atoms with Crippen LogP contribution in [0.2, 0.25) is 0 Å². The van der Waals surface area contributed by atoms with E-state index in [9.17, 15) is 9.90 Å². The van der Waals surface area contributed by atoms with E-state index < -0.39 is 0 Å². The van der Waals surface area contributed by atoms with Gasteiger partial charge in [-0.05, 0) is 43.5 Å². The molecule has 1 aromatic rings. The Labute approximate surface area is 112 Å². The van der Waals surface area contributed by atoms with Crippen LogP contribution in [0.4, 0.5) is 5.69 Å². The number of nitrogens with two attached hydrogens (primary N) is 1. The fourth-order valence-electron chi connectivity index (χ4n) is 2.11. The normalized spacial score (nSPS) is 16.5. The molecule has 4 N–H and O–H groups in total. The van der Waals surface area contributed by atoms with Crippen LogP contribution in [0.15, 0.2) is 24.3 Å². The zero-order chi connectivity index (χ0) is 13.7. The van der Waals surface area contributed by atoms with Gasteiger partial charge in [0.2, 0.25) is 5.91 Å². The van der Waals surface area contributed by atoms with Crippen molar-refractivity contribution in [2.24, 2.45) is 0 Å². The lowest BCUT2D eigenvalue weighted by atomic mass is 9.77. The van der Waals surface area contributed by atoms with E-state index in [1.807, 2.05) is 0 Å². The van der Waals surface area contributed by atoms with Crippen LogP contribution in [-0.2, 0) is 4.79 Å². The van der Waals surface area contributed by atoms with Crippen LogP contribution in [0, 0.1) is 0 Å². The molecule has 0 aliphatic heterocycles. The van der Waals surface area contributed by atoms with Gasteiger partial charge in [-0.15, -0.1) is 0 Å². The zero-order valence-corrected chi connectivity index (χ0v) is 10.9. The van der Waals surface area contributed by atoms with Crippen molar-refractivity contribution in [2.75, 3.05) is 18.9 Å². The summed E-state index contributed by atoms with van der Waals surface area (Å²) in [6.45, 7) is 0.328. The molecule has 0 heterocycles. The predicted octanol–water partition coefficient (Wildman–Crippen LogP) is 1.07. The fraction of sp³-hybridized carbons (Fsp3) is 0.500. The number of ether oxygens (including phenoxy) is 1. The van der Waals surface area contributed by atoms with Crippen LogP contribution in [0.5, 0.6) is 5.75 Å². The van der Waals surface area contributed by atoms with Gasteiger partial charge < -0.3 is 20.9 Å². The number of rotatable bonds is 6. The van der Waals surface area contributed by atoms with Gasteiger partial charge in [0.15, 0.2) is 0 Å². The molecule has 0 unspecified atom stereocenters. The van der Waals surface area contributed by atoms with Gasteiger partial charge in [0.25, 0.3) is 0 Å². The lowest BCUT2D eigenvalue weighted by Gasteiger charge is -2.40. The molecule has 1 aromatic carbocycles. The molecule has 0 radical (unpaired) electrons. The SMILES string of the molecule is Nc1ccc(OCCC(=O)NC2(CO)CCC2)cc1. The van der Waals surface area contributed by atoms with Crippen LogP contribution in [0.3, 0.4) is 0 Å². The number of benzene rings is 1. The second kappa shape index (κ2) is 5.93. The van der Waals surface area contributed by atoms with Gasteiger partial charge >= 0.3 is 0 Å². The second-order valence-corrected chi connectivity index (χ2v) is 5.01. The van der Waals surface area contributed by atoms with E-state index >= 15 is 0 Å². The van der Waals surface area contributed by atoms with Gasteiger partial charge in [0, 0.05) is 5.69 Å². The van der Waals surface area contributed by atoms with Gasteiger partial charge in [-0.3, -0.25) is 4.79 Å². The highest BCUT2D eigenvalue weighted by Crippen LogP contribution is 2.31. The molecule has 5 heteroatoms. The third-order valence-corrected chi connectivity index (χ3v) is 3.50. The summed E-state index contributed by atoms with van der Waals surface area (Å²) in [4.78, 5) is 11.7. The smallest absolute Gasteiger partial charge is 0.223 e. The summed E-state index contributed by atoms with van der Waals surface area (Å²) in [5.41, 5.74) is 5.87. The van der Waals surface area contributed by atoms with Gasteiger partial charge in [0.05, 0.1) is 25.2 Å². The van der Waals surface area contributed by atoms with E-state index in [0.717, 1.165) is 19.3 Å². The average molecular weight is 264 g/mol. The first-order chi connectivity index (χ1) is 9.13. The van der Waals surface area contributed by atoms with E-state index in [0.29, 0.717) is 18.0 Å². The number of aliphatic hydroxyl groups is 1. The quantitative estimate of drug-likeness (QED) is 0.671. The van der Waals surface area contributed by atoms with Crippen LogP contribution in [-0.4, -0.2) is 29.8 Å². The van der Waals surface area contributed by atoms with Gasteiger partial charge in [0.1, 0.15) is 5.75 Å². The first kappa shape index (κ1) is 13.7. The minimum absolute atomic E-state index is 0.0115. The van der Waals surface area contributed by atoms with Crippen molar-refractivity contribution in [3.8, 4) is 5.75 Å². The Balaban J connectivity index is 1.70. The summed E-state index contributed by atoms with van der Waals surface area (Å²) < 4.78 is 5.45. The lowest BCUT2D eigenvalue weighted by molar-refractivity contribution is -0.125. The van der Waals surface area contributed by atoms with Gasteiger partial charge in [-0.25, -0.2) is 0 Å². The largest absolute Gasteiger partial charge is 0.493 e. The summed E-state index contributed by atoms with van der Waals surface area (Å²) in [7, 11) is 0. The maximum absolute atomic E-state index is 11.7. The van der Waals surface area contributed by atoms with Crippen molar-refractivity contribution in [1.29, 1.82) is 0 Å². The van der Waals surface area contributed by atoms with Crippen LogP contribution in [0.1, 0.15) is 25.7 Å². The number of aliphatic hydroxyl groups excluding tert-OH is 1. The van der Waals surface area contributed by atoms with Crippen molar-refractivity contribution >= 4 is 11.6 Å². The van der Waals surface area contributed by atoms with Crippen molar-refractivity contribution < 1.29 is 14.6 Å². The van der Waals surface area contributed by atoms with E-state index in [1.54, 1.807) is 24.3 Å². The summed E-state index contributed by atoms with van der Waals surface area (Å²) >= 11 is 0. The van der Waals surface area contributed by atoms with Crippen molar-refractivity contribution in [3.63, 3.8) is 0 Å². The highest BCUT2D eigenvalue weighted by molar-refractivity contribution is 5.77. The molecule has 1 aliphatic carbocycles. The number of hydrogen-bond acceptors (Lipinski definition) is 4. The third kappa shape index (κ3) is 3.61. The third-order valence-electron chi connectivity index (χ3n) is 3.50. The standard InChI is InChI=1S/C14H20N2O3/c15-11-2-4-12(5-3-11)19-9-6-13(18)16-14(10-17)7-1-8-14/h2-5,17H,1,6-10,15H2,(H,16,18). The molecule has 0 atom stereocenters. The Morgan fingerprint density at radius 1 is 1.37 bits per heavy atom. The summed E-state index contributed by atoms with van der Waals surface area (Å²) in [5, 5.41) is 12.1. The Kier molecular flexibility index (Phi) is 4.27. The highest BCUT2D eigenvalue weighted by Gasteiger charge is 2.37. The maximum Gasteiger partial charge on any atom is 0.223 e. The number of carbonyl (C=O) groups excluding carboxylic acids is 1. The number of carbonyl (C=O) groups is 1. The molecular formula is C14H20N2O3. The summed E-state index contributed by atoms with van der Waals surface area (Å²) in [6, 6.07) is 7.05. The monoisotopic (exact) mass is 264 g/mol. The Morgan fingerprint density at radius 3 is 2.58 bits per heavy atom. The molecule has 5 nitrogen and oxygen atoms in total. The summed E-state index contributed by atoms with van der Waals surface area (Å²) in [5.74, 6) is 0.617. The number of amides is 1. The molecule has 1 fully saturated rings. The Bertz CT molecular complexity index is 421. The lowest BCUT2D eigenvalue weighted by Crippen LogP contribution is -2.56. The predicted molar refractivity (Wildman–Crippen MR) is 72.8 cm³/mol. The van der Waals surface area contributed by atoms with E-state index in [-0.39, 0.29) is 24.5 Å². The average Bonchev–Trinajstić information content (AvgIpc) is 2.36. The molecule has 104 valence electrons. The molecule has 19 heavy (non-hydrogen) atoms. The molecule has 0 saturated heterocycles. The minimum atomic E-state index is -0.377. The van der Waals surface area contributed by atoms with Crippen LogP contribution in [0.25, 0.3) is 0 Å². The number of anilines is 1. The zero-order valence-electron chi connectivity index (χ0n) is 10.9. The van der Waals surface area contributed by atoms with Crippen molar-refractivity contribution in [2.45, 2.75) is 31.2 Å². The molecule has 1 saturated carbocycles. The van der Waals surface area contributed by atoms with Crippen LogP contribution < -0.4 is 15.8 Å².